The van der Waals surface area contributed by atoms with Crippen LogP contribution in [0.2, 0.25) is 0 Å². The number of aliphatic imine (C=N–C) groups is 1. The number of ketones is 1. The predicted molar refractivity (Wildman–Crippen MR) is 79.9 cm³/mol. The van der Waals surface area contributed by atoms with Crippen LogP contribution >= 0.6 is 0 Å². The van der Waals surface area contributed by atoms with Crippen LogP contribution in [-0.4, -0.2) is 17.7 Å². The molecule has 1 aliphatic rings. The lowest BCUT2D eigenvalue weighted by molar-refractivity contribution is -0.119. The SMILES string of the molecule is Cc1cc(F)c2c(c1)C(c1ccccc1)=NC(N)C(=O)C2. The Kier molecular flexibility index (Phi) is 3.39. The Morgan fingerprint density at radius 3 is 2.67 bits per heavy atom. The number of aryl methyl sites for hydroxylation is 1. The summed E-state index contributed by atoms with van der Waals surface area (Å²) in [7, 11) is 0. The summed E-state index contributed by atoms with van der Waals surface area (Å²) in [5.74, 6) is -0.652. The van der Waals surface area contributed by atoms with Gasteiger partial charge in [0.15, 0.2) is 11.9 Å². The largest absolute Gasteiger partial charge is 0.303 e. The van der Waals surface area contributed by atoms with Gasteiger partial charge in [-0.05, 0) is 24.6 Å². The minimum Gasteiger partial charge on any atom is -0.303 e. The molecule has 2 aromatic rings. The number of carbonyl (C=O) groups is 1. The molecule has 21 heavy (non-hydrogen) atoms. The Labute approximate surface area is 122 Å². The van der Waals surface area contributed by atoms with E-state index in [1.54, 1.807) is 0 Å². The van der Waals surface area contributed by atoms with Gasteiger partial charge in [-0.15, -0.1) is 0 Å². The highest BCUT2D eigenvalue weighted by atomic mass is 19.1. The lowest BCUT2D eigenvalue weighted by Gasteiger charge is -2.11. The molecule has 1 unspecified atom stereocenters. The van der Waals surface area contributed by atoms with Crippen LogP contribution in [0.1, 0.15) is 22.3 Å². The average Bonchev–Trinajstić information content (AvgIpc) is 2.59. The zero-order valence-electron chi connectivity index (χ0n) is 11.6. The maximum Gasteiger partial charge on any atom is 0.176 e. The van der Waals surface area contributed by atoms with Crippen LogP contribution in [-0.2, 0) is 11.2 Å². The Hall–Kier alpha value is -2.33. The molecule has 0 saturated heterocycles. The Balaban J connectivity index is 2.28. The first kappa shape index (κ1) is 13.6. The molecule has 2 N–H and O–H groups in total. The van der Waals surface area contributed by atoms with Gasteiger partial charge in [0.1, 0.15) is 5.82 Å². The van der Waals surface area contributed by atoms with Crippen molar-refractivity contribution in [3.8, 4) is 0 Å². The summed E-state index contributed by atoms with van der Waals surface area (Å²) in [4.78, 5) is 16.3. The standard InChI is InChI=1S/C17H15FN2O/c1-10-7-13-12(14(18)8-10)9-15(21)17(19)20-16(13)11-5-3-2-4-6-11/h2-8,17H,9,19H2,1H3. The van der Waals surface area contributed by atoms with E-state index in [-0.39, 0.29) is 18.0 Å². The molecule has 0 aromatic heterocycles. The lowest BCUT2D eigenvalue weighted by Crippen LogP contribution is -2.29. The first-order valence-corrected chi connectivity index (χ1v) is 6.77. The number of carbonyl (C=O) groups excluding carboxylic acids is 1. The van der Waals surface area contributed by atoms with Gasteiger partial charge in [-0.2, -0.15) is 0 Å². The molecule has 1 aliphatic heterocycles. The van der Waals surface area contributed by atoms with Crippen LogP contribution in [0.4, 0.5) is 4.39 Å². The predicted octanol–water partition coefficient (Wildman–Crippen LogP) is 2.38. The minimum absolute atomic E-state index is 0.0254. The van der Waals surface area contributed by atoms with Crippen molar-refractivity contribution in [2.75, 3.05) is 0 Å². The quantitative estimate of drug-likeness (QED) is 0.873. The second kappa shape index (κ2) is 5.22. The second-order valence-electron chi connectivity index (χ2n) is 5.20. The van der Waals surface area contributed by atoms with E-state index in [1.807, 2.05) is 43.3 Å². The van der Waals surface area contributed by atoms with Gasteiger partial charge in [0, 0.05) is 23.1 Å². The van der Waals surface area contributed by atoms with Crippen molar-refractivity contribution >= 4 is 11.5 Å². The smallest absolute Gasteiger partial charge is 0.176 e. The van der Waals surface area contributed by atoms with Crippen molar-refractivity contribution in [3.05, 3.63) is 70.5 Å². The molecule has 3 nitrogen and oxygen atoms in total. The van der Waals surface area contributed by atoms with E-state index in [2.05, 4.69) is 4.99 Å². The number of Topliss-reactive ketones (excluding diaryl/α,β-unsaturated/α-hetero) is 1. The van der Waals surface area contributed by atoms with Crippen LogP contribution in [0.15, 0.2) is 47.5 Å². The highest BCUT2D eigenvalue weighted by molar-refractivity contribution is 6.16. The number of hydrogen-bond donors (Lipinski definition) is 1. The lowest BCUT2D eigenvalue weighted by atomic mass is 9.93. The molecule has 0 bridgehead atoms. The zero-order valence-corrected chi connectivity index (χ0v) is 11.6. The van der Waals surface area contributed by atoms with Gasteiger partial charge in [0.05, 0.1) is 5.71 Å². The van der Waals surface area contributed by atoms with Gasteiger partial charge in [0.25, 0.3) is 0 Å². The monoisotopic (exact) mass is 282 g/mol. The van der Waals surface area contributed by atoms with Crippen molar-refractivity contribution in [2.24, 2.45) is 10.7 Å². The molecule has 0 aliphatic carbocycles. The van der Waals surface area contributed by atoms with E-state index in [0.29, 0.717) is 16.8 Å². The third kappa shape index (κ3) is 2.50. The second-order valence-corrected chi connectivity index (χ2v) is 5.20. The van der Waals surface area contributed by atoms with Crippen molar-refractivity contribution in [1.82, 2.24) is 0 Å². The molecular formula is C17H15FN2O. The van der Waals surface area contributed by atoms with E-state index in [1.165, 1.54) is 6.07 Å². The van der Waals surface area contributed by atoms with E-state index < -0.39 is 6.17 Å². The molecule has 0 fully saturated rings. The maximum absolute atomic E-state index is 14.3. The minimum atomic E-state index is -0.952. The Morgan fingerprint density at radius 1 is 1.24 bits per heavy atom. The van der Waals surface area contributed by atoms with E-state index in [9.17, 15) is 9.18 Å². The van der Waals surface area contributed by atoms with Gasteiger partial charge in [0.2, 0.25) is 0 Å². The number of fused-ring (bicyclic) bond motifs is 1. The third-order valence-corrected chi connectivity index (χ3v) is 3.59. The highest BCUT2D eigenvalue weighted by Crippen LogP contribution is 2.24. The number of nitrogens with two attached hydrogens (primary N) is 1. The molecule has 0 saturated carbocycles. The van der Waals surface area contributed by atoms with Crippen molar-refractivity contribution in [3.63, 3.8) is 0 Å². The fraction of sp³-hybridized carbons (Fsp3) is 0.176. The molecule has 0 amide bonds. The van der Waals surface area contributed by atoms with Gasteiger partial charge in [-0.1, -0.05) is 30.3 Å². The Bertz CT molecular complexity index is 738. The first-order valence-electron chi connectivity index (χ1n) is 6.77. The molecule has 0 radical (unpaired) electrons. The van der Waals surface area contributed by atoms with Gasteiger partial charge >= 0.3 is 0 Å². The summed E-state index contributed by atoms with van der Waals surface area (Å²) < 4.78 is 14.3. The molecule has 0 spiro atoms. The number of hydrogen-bond acceptors (Lipinski definition) is 3. The molecule has 4 heteroatoms. The summed E-state index contributed by atoms with van der Waals surface area (Å²) in [6.45, 7) is 1.82. The van der Waals surface area contributed by atoms with Gasteiger partial charge < -0.3 is 5.73 Å². The summed E-state index contributed by atoms with van der Waals surface area (Å²) in [6, 6.07) is 12.7. The summed E-state index contributed by atoms with van der Waals surface area (Å²) in [5, 5.41) is 0. The molecular weight excluding hydrogens is 267 g/mol. The summed E-state index contributed by atoms with van der Waals surface area (Å²) in [5.41, 5.74) is 9.04. The fourth-order valence-electron chi connectivity index (χ4n) is 2.55. The van der Waals surface area contributed by atoms with Crippen LogP contribution in [0.5, 0.6) is 0 Å². The van der Waals surface area contributed by atoms with Crippen LogP contribution in [0.3, 0.4) is 0 Å². The molecule has 1 atom stereocenters. The van der Waals surface area contributed by atoms with E-state index in [4.69, 9.17) is 5.73 Å². The fourth-order valence-corrected chi connectivity index (χ4v) is 2.55. The van der Waals surface area contributed by atoms with Crippen molar-refractivity contribution < 1.29 is 9.18 Å². The van der Waals surface area contributed by atoms with Crippen molar-refractivity contribution in [2.45, 2.75) is 19.5 Å². The Morgan fingerprint density at radius 2 is 1.95 bits per heavy atom. The van der Waals surface area contributed by atoms with E-state index >= 15 is 0 Å². The first-order chi connectivity index (χ1) is 10.1. The summed E-state index contributed by atoms with van der Waals surface area (Å²) in [6.07, 6.45) is -0.977. The summed E-state index contributed by atoms with van der Waals surface area (Å²) >= 11 is 0. The van der Waals surface area contributed by atoms with Gasteiger partial charge in [-0.25, -0.2) is 4.39 Å². The topological polar surface area (TPSA) is 55.4 Å². The molecule has 3 rings (SSSR count). The van der Waals surface area contributed by atoms with E-state index in [0.717, 1.165) is 11.1 Å². The van der Waals surface area contributed by atoms with Crippen LogP contribution in [0.25, 0.3) is 0 Å². The number of benzene rings is 2. The highest BCUT2D eigenvalue weighted by Gasteiger charge is 2.25. The number of rotatable bonds is 1. The average molecular weight is 282 g/mol. The normalized spacial score (nSPS) is 18.0. The van der Waals surface area contributed by atoms with Crippen molar-refractivity contribution in [1.29, 1.82) is 0 Å². The molecule has 2 aromatic carbocycles. The third-order valence-electron chi connectivity index (χ3n) is 3.59. The van der Waals surface area contributed by atoms with Gasteiger partial charge in [-0.3, -0.25) is 9.79 Å². The number of nitrogens with zero attached hydrogens (tertiary/aromatic N) is 1. The molecule has 106 valence electrons. The van der Waals surface area contributed by atoms with Crippen LogP contribution < -0.4 is 5.73 Å². The number of halogens is 1. The maximum atomic E-state index is 14.3. The molecule has 1 heterocycles. The zero-order chi connectivity index (χ0) is 15.0. The van der Waals surface area contributed by atoms with Crippen LogP contribution in [0, 0.1) is 12.7 Å².